The van der Waals surface area contributed by atoms with Crippen molar-refractivity contribution >= 4 is 11.9 Å². The van der Waals surface area contributed by atoms with Crippen LogP contribution in [0.15, 0.2) is 0 Å². The highest BCUT2D eigenvalue weighted by Crippen LogP contribution is 2.13. The van der Waals surface area contributed by atoms with Crippen LogP contribution in [0.2, 0.25) is 0 Å². The third-order valence-electron chi connectivity index (χ3n) is 2.05. The Hall–Kier alpha value is -1.14. The van der Waals surface area contributed by atoms with E-state index < -0.39 is 29.6 Å². The van der Waals surface area contributed by atoms with E-state index in [-0.39, 0.29) is 13.2 Å². The molecule has 0 spiro atoms. The maximum atomic E-state index is 11.8. The zero-order valence-corrected chi connectivity index (χ0v) is 11.8. The third kappa shape index (κ3) is 6.56. The number of esters is 1. The maximum absolute atomic E-state index is 11.8. The Bertz CT molecular complexity index is 286. The highest BCUT2D eigenvalue weighted by molar-refractivity contribution is 5.85. The molecule has 0 aliphatic rings. The van der Waals surface area contributed by atoms with Gasteiger partial charge in [0.2, 0.25) is 5.91 Å². The SMILES string of the molecule is CCOC(=O)[C@@H](NC(=O)CN)[C@@H](C)OC(C)(C)C. The van der Waals surface area contributed by atoms with E-state index in [0.717, 1.165) is 0 Å². The highest BCUT2D eigenvalue weighted by atomic mass is 16.5. The van der Waals surface area contributed by atoms with Crippen LogP contribution in [0.5, 0.6) is 0 Å². The Balaban J connectivity index is 4.73. The monoisotopic (exact) mass is 260 g/mol. The lowest BCUT2D eigenvalue weighted by molar-refractivity contribution is -0.155. The van der Waals surface area contributed by atoms with E-state index in [1.165, 1.54) is 0 Å². The average molecular weight is 260 g/mol. The van der Waals surface area contributed by atoms with Crippen molar-refractivity contribution in [1.29, 1.82) is 0 Å². The molecule has 0 bridgehead atoms. The van der Waals surface area contributed by atoms with Gasteiger partial charge >= 0.3 is 5.97 Å². The maximum Gasteiger partial charge on any atom is 0.331 e. The smallest absolute Gasteiger partial charge is 0.331 e. The van der Waals surface area contributed by atoms with Crippen LogP contribution < -0.4 is 11.1 Å². The molecule has 6 nitrogen and oxygen atoms in total. The predicted molar refractivity (Wildman–Crippen MR) is 67.9 cm³/mol. The molecule has 0 saturated carbocycles. The first-order valence-corrected chi connectivity index (χ1v) is 6.05. The molecule has 0 aliphatic heterocycles. The van der Waals surface area contributed by atoms with Gasteiger partial charge in [-0.25, -0.2) is 4.79 Å². The molecule has 3 N–H and O–H groups in total. The lowest BCUT2D eigenvalue weighted by Crippen LogP contribution is -2.52. The lowest BCUT2D eigenvalue weighted by Gasteiger charge is -2.30. The fourth-order valence-electron chi connectivity index (χ4n) is 1.46. The molecular formula is C12H24N2O4. The summed E-state index contributed by atoms with van der Waals surface area (Å²) in [5, 5.41) is 2.51. The van der Waals surface area contributed by atoms with Gasteiger partial charge < -0.3 is 20.5 Å². The Morgan fingerprint density at radius 3 is 2.28 bits per heavy atom. The van der Waals surface area contributed by atoms with Crippen molar-refractivity contribution in [3.05, 3.63) is 0 Å². The molecule has 1 amide bonds. The molecule has 0 unspecified atom stereocenters. The van der Waals surface area contributed by atoms with Gasteiger partial charge in [-0.3, -0.25) is 4.79 Å². The van der Waals surface area contributed by atoms with Crippen LogP contribution in [0.1, 0.15) is 34.6 Å². The van der Waals surface area contributed by atoms with Crippen molar-refractivity contribution in [3.63, 3.8) is 0 Å². The van der Waals surface area contributed by atoms with E-state index in [0.29, 0.717) is 0 Å². The molecule has 0 saturated heterocycles. The topological polar surface area (TPSA) is 90.7 Å². The molecule has 18 heavy (non-hydrogen) atoms. The molecule has 0 aromatic carbocycles. The molecule has 0 heterocycles. The Kier molecular flexibility index (Phi) is 6.86. The summed E-state index contributed by atoms with van der Waals surface area (Å²) in [6.07, 6.45) is -0.500. The molecule has 0 aliphatic carbocycles. The normalized spacial score (nSPS) is 14.8. The fourth-order valence-corrected chi connectivity index (χ4v) is 1.46. The second-order valence-electron chi connectivity index (χ2n) is 4.94. The summed E-state index contributed by atoms with van der Waals surface area (Å²) in [6.45, 7) is 9.09. The molecule has 106 valence electrons. The molecular weight excluding hydrogens is 236 g/mol. The molecule has 0 rings (SSSR count). The second kappa shape index (κ2) is 7.33. The van der Waals surface area contributed by atoms with E-state index in [9.17, 15) is 9.59 Å². The largest absolute Gasteiger partial charge is 0.464 e. The Morgan fingerprint density at radius 2 is 1.89 bits per heavy atom. The number of hydrogen-bond acceptors (Lipinski definition) is 5. The zero-order valence-electron chi connectivity index (χ0n) is 11.8. The van der Waals surface area contributed by atoms with Gasteiger partial charge in [0.25, 0.3) is 0 Å². The molecule has 0 fully saturated rings. The summed E-state index contributed by atoms with van der Waals surface area (Å²) in [7, 11) is 0. The van der Waals surface area contributed by atoms with Crippen LogP contribution in [-0.4, -0.2) is 42.8 Å². The minimum absolute atomic E-state index is 0.182. The molecule has 2 atom stereocenters. The summed E-state index contributed by atoms with van der Waals surface area (Å²) >= 11 is 0. The van der Waals surface area contributed by atoms with Gasteiger partial charge in [-0.05, 0) is 34.6 Å². The number of carbonyl (C=O) groups excluding carboxylic acids is 2. The van der Waals surface area contributed by atoms with Gasteiger partial charge in [0.15, 0.2) is 6.04 Å². The molecule has 6 heteroatoms. The lowest BCUT2D eigenvalue weighted by atomic mass is 10.1. The van der Waals surface area contributed by atoms with E-state index >= 15 is 0 Å². The minimum atomic E-state index is -0.847. The summed E-state index contributed by atoms with van der Waals surface area (Å²) < 4.78 is 10.6. The minimum Gasteiger partial charge on any atom is -0.464 e. The number of rotatable bonds is 6. The van der Waals surface area contributed by atoms with E-state index in [4.69, 9.17) is 15.2 Å². The summed E-state index contributed by atoms with van der Waals surface area (Å²) in [4.78, 5) is 23.1. The van der Waals surface area contributed by atoms with Crippen LogP contribution in [0, 0.1) is 0 Å². The first-order chi connectivity index (χ1) is 8.21. The predicted octanol–water partition coefficient (Wildman–Crippen LogP) is 0.197. The van der Waals surface area contributed by atoms with Gasteiger partial charge in [-0.15, -0.1) is 0 Å². The number of carbonyl (C=O) groups is 2. The van der Waals surface area contributed by atoms with Crippen molar-refractivity contribution in [1.82, 2.24) is 5.32 Å². The van der Waals surface area contributed by atoms with E-state index in [1.54, 1.807) is 13.8 Å². The van der Waals surface area contributed by atoms with Crippen molar-refractivity contribution in [2.24, 2.45) is 5.73 Å². The first kappa shape index (κ1) is 16.9. The fraction of sp³-hybridized carbons (Fsp3) is 0.833. The molecule has 0 radical (unpaired) electrons. The molecule has 0 aromatic heterocycles. The van der Waals surface area contributed by atoms with Crippen LogP contribution in [0.25, 0.3) is 0 Å². The van der Waals surface area contributed by atoms with Crippen LogP contribution in [0.3, 0.4) is 0 Å². The van der Waals surface area contributed by atoms with Crippen molar-refractivity contribution in [3.8, 4) is 0 Å². The Labute approximate surface area is 108 Å². The van der Waals surface area contributed by atoms with Gasteiger partial charge in [0.05, 0.1) is 24.9 Å². The Morgan fingerprint density at radius 1 is 1.33 bits per heavy atom. The number of amides is 1. The number of nitrogens with two attached hydrogens (primary N) is 1. The number of nitrogens with one attached hydrogen (secondary N) is 1. The van der Waals surface area contributed by atoms with Gasteiger partial charge in [0.1, 0.15) is 0 Å². The zero-order chi connectivity index (χ0) is 14.3. The quantitative estimate of drug-likeness (QED) is 0.666. The van der Waals surface area contributed by atoms with E-state index in [2.05, 4.69) is 5.32 Å². The van der Waals surface area contributed by atoms with Crippen LogP contribution in [0.4, 0.5) is 0 Å². The van der Waals surface area contributed by atoms with E-state index in [1.807, 2.05) is 20.8 Å². The van der Waals surface area contributed by atoms with Gasteiger partial charge in [0, 0.05) is 0 Å². The van der Waals surface area contributed by atoms with Crippen LogP contribution in [-0.2, 0) is 19.1 Å². The average Bonchev–Trinajstić information content (AvgIpc) is 2.23. The number of ether oxygens (including phenoxy) is 2. The summed E-state index contributed by atoms with van der Waals surface area (Å²) in [5.74, 6) is -0.937. The van der Waals surface area contributed by atoms with Crippen molar-refractivity contribution in [2.45, 2.75) is 52.4 Å². The van der Waals surface area contributed by atoms with Crippen LogP contribution >= 0.6 is 0 Å². The summed E-state index contributed by atoms with van der Waals surface area (Å²) in [5.41, 5.74) is 4.80. The number of hydrogen-bond donors (Lipinski definition) is 2. The van der Waals surface area contributed by atoms with Crippen molar-refractivity contribution < 1.29 is 19.1 Å². The first-order valence-electron chi connectivity index (χ1n) is 6.05. The van der Waals surface area contributed by atoms with Gasteiger partial charge in [-0.1, -0.05) is 0 Å². The molecule has 0 aromatic rings. The van der Waals surface area contributed by atoms with Gasteiger partial charge in [-0.2, -0.15) is 0 Å². The summed E-state index contributed by atoms with van der Waals surface area (Å²) in [6, 6.07) is -0.847. The second-order valence-corrected chi connectivity index (χ2v) is 4.94. The van der Waals surface area contributed by atoms with Crippen molar-refractivity contribution in [2.75, 3.05) is 13.2 Å². The highest BCUT2D eigenvalue weighted by Gasteiger charge is 2.31. The third-order valence-corrected chi connectivity index (χ3v) is 2.05. The standard InChI is InChI=1S/C12H24N2O4/c1-6-17-11(16)10(14-9(15)7-13)8(2)18-12(3,4)5/h8,10H,6-7,13H2,1-5H3,(H,14,15)/t8-,10+/m1/s1.